The molecule has 0 amide bonds. The van der Waals surface area contributed by atoms with Crippen LogP contribution in [-0.4, -0.2) is 63.7 Å². The first-order valence-electron chi connectivity index (χ1n) is 9.53. The highest BCUT2D eigenvalue weighted by Crippen LogP contribution is 2.43. The molecule has 2 aliphatic heterocycles. The molecule has 1 spiro atoms. The SMILES string of the molecule is CN1CC2(CCN(Cc3noc(C4CCCC4)n3)CC2)C[C@@H]1C(=O)O. The van der Waals surface area contributed by atoms with Crippen LogP contribution in [0.2, 0.25) is 0 Å². The summed E-state index contributed by atoms with van der Waals surface area (Å²) in [6.45, 7) is 3.59. The van der Waals surface area contributed by atoms with E-state index in [1.54, 1.807) is 0 Å². The summed E-state index contributed by atoms with van der Waals surface area (Å²) < 4.78 is 5.48. The number of hydrogen-bond donors (Lipinski definition) is 1. The summed E-state index contributed by atoms with van der Waals surface area (Å²) in [5.74, 6) is 1.40. The number of carbonyl (C=O) groups is 1. The molecule has 0 unspecified atom stereocenters. The molecule has 1 aromatic heterocycles. The smallest absolute Gasteiger partial charge is 0.320 e. The van der Waals surface area contributed by atoms with E-state index in [1.807, 2.05) is 11.9 Å². The van der Waals surface area contributed by atoms with Crippen LogP contribution in [0.3, 0.4) is 0 Å². The lowest BCUT2D eigenvalue weighted by molar-refractivity contribution is -0.141. The molecular formula is C18H28N4O3. The van der Waals surface area contributed by atoms with E-state index in [0.29, 0.717) is 5.92 Å². The predicted molar refractivity (Wildman–Crippen MR) is 91.1 cm³/mol. The Hall–Kier alpha value is -1.47. The predicted octanol–water partition coefficient (Wildman–Crippen LogP) is 2.10. The maximum atomic E-state index is 11.4. The number of hydrogen-bond acceptors (Lipinski definition) is 6. The maximum Gasteiger partial charge on any atom is 0.320 e. The number of piperidine rings is 1. The van der Waals surface area contributed by atoms with Gasteiger partial charge in [-0.05, 0) is 57.7 Å². The zero-order valence-corrected chi connectivity index (χ0v) is 15.0. The van der Waals surface area contributed by atoms with E-state index in [1.165, 1.54) is 25.7 Å². The van der Waals surface area contributed by atoms with Crippen LogP contribution in [0.25, 0.3) is 0 Å². The third-order valence-corrected chi connectivity index (χ3v) is 6.50. The average molecular weight is 348 g/mol. The van der Waals surface area contributed by atoms with Crippen LogP contribution in [0.1, 0.15) is 62.6 Å². The highest BCUT2D eigenvalue weighted by molar-refractivity contribution is 5.74. The van der Waals surface area contributed by atoms with Gasteiger partial charge in [0.15, 0.2) is 5.82 Å². The molecule has 7 heteroatoms. The molecule has 1 saturated carbocycles. The minimum atomic E-state index is -0.687. The second-order valence-corrected chi connectivity index (χ2v) is 8.28. The fourth-order valence-corrected chi connectivity index (χ4v) is 4.96. The van der Waals surface area contributed by atoms with Gasteiger partial charge in [-0.2, -0.15) is 4.98 Å². The van der Waals surface area contributed by atoms with E-state index >= 15 is 0 Å². The van der Waals surface area contributed by atoms with E-state index in [-0.39, 0.29) is 11.5 Å². The minimum absolute atomic E-state index is 0.167. The van der Waals surface area contributed by atoms with Crippen molar-refractivity contribution in [1.82, 2.24) is 19.9 Å². The minimum Gasteiger partial charge on any atom is -0.480 e. The molecule has 0 radical (unpaired) electrons. The molecule has 3 fully saturated rings. The van der Waals surface area contributed by atoms with Gasteiger partial charge in [0.25, 0.3) is 0 Å². The Labute approximate surface area is 148 Å². The Morgan fingerprint density at radius 3 is 2.68 bits per heavy atom. The van der Waals surface area contributed by atoms with Gasteiger partial charge in [-0.25, -0.2) is 0 Å². The lowest BCUT2D eigenvalue weighted by Gasteiger charge is -2.38. The van der Waals surface area contributed by atoms with Crippen molar-refractivity contribution >= 4 is 5.97 Å². The molecule has 1 aliphatic carbocycles. The van der Waals surface area contributed by atoms with E-state index in [2.05, 4.69) is 15.0 Å². The summed E-state index contributed by atoms with van der Waals surface area (Å²) in [6, 6.07) is -0.322. The van der Waals surface area contributed by atoms with Crippen molar-refractivity contribution in [1.29, 1.82) is 0 Å². The van der Waals surface area contributed by atoms with Crippen LogP contribution in [0.4, 0.5) is 0 Å². The fraction of sp³-hybridized carbons (Fsp3) is 0.833. The molecule has 7 nitrogen and oxygen atoms in total. The molecule has 138 valence electrons. The van der Waals surface area contributed by atoms with E-state index in [0.717, 1.165) is 57.2 Å². The Bertz CT molecular complexity index is 618. The van der Waals surface area contributed by atoms with E-state index in [4.69, 9.17) is 4.52 Å². The molecule has 1 N–H and O–H groups in total. The van der Waals surface area contributed by atoms with Crippen molar-refractivity contribution in [3.05, 3.63) is 11.7 Å². The maximum absolute atomic E-state index is 11.4. The monoisotopic (exact) mass is 348 g/mol. The number of aromatic nitrogens is 2. The standard InChI is InChI=1S/C18H28N4O3/c1-21-12-18(10-14(21)17(23)24)6-8-22(9-7-18)11-15-19-16(25-20-15)13-4-2-3-5-13/h13-14H,2-12H2,1H3,(H,23,24)/t14-/m1/s1. The largest absolute Gasteiger partial charge is 0.480 e. The highest BCUT2D eigenvalue weighted by atomic mass is 16.5. The van der Waals surface area contributed by atoms with Crippen molar-refractivity contribution < 1.29 is 14.4 Å². The molecule has 0 aromatic carbocycles. The number of carboxylic acids is 1. The summed E-state index contributed by atoms with van der Waals surface area (Å²) in [4.78, 5) is 20.4. The quantitative estimate of drug-likeness (QED) is 0.892. The van der Waals surface area contributed by atoms with E-state index < -0.39 is 5.97 Å². The molecule has 2 saturated heterocycles. The fourth-order valence-electron chi connectivity index (χ4n) is 4.96. The van der Waals surface area contributed by atoms with Gasteiger partial charge in [-0.15, -0.1) is 0 Å². The Kier molecular flexibility index (Phi) is 4.54. The number of nitrogens with zero attached hydrogens (tertiary/aromatic N) is 4. The third kappa shape index (κ3) is 3.44. The average Bonchev–Trinajstić information content (AvgIpc) is 3.30. The molecule has 3 aliphatic rings. The van der Waals surface area contributed by atoms with Crippen molar-refractivity contribution in [2.45, 2.75) is 63.5 Å². The van der Waals surface area contributed by atoms with Gasteiger partial charge < -0.3 is 9.63 Å². The number of aliphatic carboxylic acids is 1. The van der Waals surface area contributed by atoms with Gasteiger partial charge in [0, 0.05) is 12.5 Å². The summed E-state index contributed by atoms with van der Waals surface area (Å²) in [6.07, 6.45) is 7.76. The highest BCUT2D eigenvalue weighted by Gasteiger charge is 2.46. The van der Waals surface area contributed by atoms with Gasteiger partial charge in [0.05, 0.1) is 6.54 Å². The number of carboxylic acid groups (broad SMARTS) is 1. The van der Waals surface area contributed by atoms with Gasteiger partial charge in [0.1, 0.15) is 6.04 Å². The Morgan fingerprint density at radius 2 is 2.04 bits per heavy atom. The summed E-state index contributed by atoms with van der Waals surface area (Å²) in [5.41, 5.74) is 0.167. The number of likely N-dealkylation sites (tertiary alicyclic amines) is 2. The van der Waals surface area contributed by atoms with Gasteiger partial charge in [0.2, 0.25) is 5.89 Å². The molecule has 0 bridgehead atoms. The van der Waals surface area contributed by atoms with E-state index in [9.17, 15) is 9.90 Å². The summed E-state index contributed by atoms with van der Waals surface area (Å²) >= 11 is 0. The van der Waals surface area contributed by atoms with Crippen LogP contribution in [0, 0.1) is 5.41 Å². The molecule has 1 aromatic rings. The number of rotatable bonds is 4. The molecule has 4 rings (SSSR count). The van der Waals surface area contributed by atoms with Crippen LogP contribution in [0.5, 0.6) is 0 Å². The molecule has 1 atom stereocenters. The topological polar surface area (TPSA) is 82.7 Å². The van der Waals surface area contributed by atoms with Crippen LogP contribution in [0.15, 0.2) is 4.52 Å². The molecule has 25 heavy (non-hydrogen) atoms. The second-order valence-electron chi connectivity index (χ2n) is 8.28. The van der Waals surface area contributed by atoms with Crippen molar-refractivity contribution in [2.75, 3.05) is 26.7 Å². The van der Waals surface area contributed by atoms with Crippen molar-refractivity contribution in [3.8, 4) is 0 Å². The molecule has 3 heterocycles. The Balaban J connectivity index is 1.31. The number of likely N-dealkylation sites (N-methyl/N-ethyl adjacent to an activating group) is 1. The Morgan fingerprint density at radius 1 is 1.32 bits per heavy atom. The van der Waals surface area contributed by atoms with Gasteiger partial charge >= 0.3 is 5.97 Å². The lowest BCUT2D eigenvalue weighted by atomic mass is 9.76. The van der Waals surface area contributed by atoms with Crippen LogP contribution >= 0.6 is 0 Å². The zero-order valence-electron chi connectivity index (χ0n) is 15.0. The van der Waals surface area contributed by atoms with Crippen LogP contribution in [-0.2, 0) is 11.3 Å². The summed E-state index contributed by atoms with van der Waals surface area (Å²) in [7, 11) is 1.93. The van der Waals surface area contributed by atoms with Crippen LogP contribution < -0.4 is 0 Å². The van der Waals surface area contributed by atoms with Crippen molar-refractivity contribution in [2.24, 2.45) is 5.41 Å². The zero-order chi connectivity index (χ0) is 17.4. The normalized spacial score (nSPS) is 28.1. The lowest BCUT2D eigenvalue weighted by Crippen LogP contribution is -2.41. The first-order chi connectivity index (χ1) is 12.0. The second kappa shape index (κ2) is 6.68. The van der Waals surface area contributed by atoms with Gasteiger partial charge in [-0.3, -0.25) is 14.6 Å². The van der Waals surface area contributed by atoms with Crippen molar-refractivity contribution in [3.63, 3.8) is 0 Å². The first-order valence-corrected chi connectivity index (χ1v) is 9.53. The summed E-state index contributed by atoms with van der Waals surface area (Å²) in [5, 5.41) is 13.5. The third-order valence-electron chi connectivity index (χ3n) is 6.50. The molecular weight excluding hydrogens is 320 g/mol. The van der Waals surface area contributed by atoms with Gasteiger partial charge in [-0.1, -0.05) is 18.0 Å². The first kappa shape index (κ1) is 17.0.